The van der Waals surface area contributed by atoms with Gasteiger partial charge in [0.1, 0.15) is 5.75 Å². The lowest BCUT2D eigenvalue weighted by Crippen LogP contribution is -2.37. The molecule has 3 amide bonds. The molecule has 0 aliphatic rings. The number of nitrogens with two attached hydrogens (primary N) is 1. The zero-order chi connectivity index (χ0) is 24.8. The van der Waals surface area contributed by atoms with Crippen LogP contribution in [0.2, 0.25) is 0 Å². The number of para-hydroxylation sites is 1. The van der Waals surface area contributed by atoms with Crippen LogP contribution in [0.1, 0.15) is 40.6 Å². The van der Waals surface area contributed by atoms with E-state index in [1.807, 2.05) is 79.9 Å². The molecule has 0 bridgehead atoms. The molecule has 0 fully saturated rings. The van der Waals surface area contributed by atoms with E-state index in [0.29, 0.717) is 6.54 Å². The third-order valence-electron chi connectivity index (χ3n) is 6.17. The predicted octanol–water partition coefficient (Wildman–Crippen LogP) is 4.53. The molecule has 0 saturated heterocycles. The number of H-pyrrole nitrogens is 1. The van der Waals surface area contributed by atoms with Crippen molar-refractivity contribution >= 4 is 22.8 Å². The lowest BCUT2D eigenvalue weighted by Gasteiger charge is -2.21. The molecule has 0 saturated carbocycles. The number of amides is 3. The van der Waals surface area contributed by atoms with Gasteiger partial charge in [0.2, 0.25) is 5.91 Å². The second-order valence-electron chi connectivity index (χ2n) is 8.60. The van der Waals surface area contributed by atoms with E-state index < -0.39 is 12.1 Å². The first-order valence-corrected chi connectivity index (χ1v) is 11.5. The van der Waals surface area contributed by atoms with E-state index in [1.165, 1.54) is 0 Å². The summed E-state index contributed by atoms with van der Waals surface area (Å²) in [6.45, 7) is 2.36. The van der Waals surface area contributed by atoms with E-state index in [2.05, 4.69) is 21.7 Å². The zero-order valence-electron chi connectivity index (χ0n) is 19.9. The van der Waals surface area contributed by atoms with Gasteiger partial charge in [0.05, 0.1) is 19.6 Å². The number of aryl methyl sites for hydroxylation is 1. The summed E-state index contributed by atoms with van der Waals surface area (Å²) in [5.41, 5.74) is 10.5. The van der Waals surface area contributed by atoms with E-state index in [4.69, 9.17) is 10.5 Å². The van der Waals surface area contributed by atoms with Gasteiger partial charge in [0.15, 0.2) is 0 Å². The van der Waals surface area contributed by atoms with Crippen molar-refractivity contribution in [3.63, 3.8) is 0 Å². The van der Waals surface area contributed by atoms with Crippen molar-refractivity contribution in [3.05, 3.63) is 101 Å². The van der Waals surface area contributed by atoms with Crippen molar-refractivity contribution in [2.45, 2.75) is 25.3 Å². The quantitative estimate of drug-likeness (QED) is 0.288. The molecule has 35 heavy (non-hydrogen) atoms. The number of nitrogens with one attached hydrogen (secondary N) is 3. The van der Waals surface area contributed by atoms with Crippen LogP contribution in [0.4, 0.5) is 4.79 Å². The standard InChI is InChI=1S/C28H30N4O3/c1-18-6-5-7-20(14-18)26(32-28(29)34)15-27(33)31-16-23(19-10-12-21(35-2)13-11-19)24-17-30-25-9-4-3-8-22(24)25/h3-14,17,23,26,30H,15-16H2,1-2H3,(H,31,33)(H3,29,32,34)/t23-,26+/m0/s1. The van der Waals surface area contributed by atoms with E-state index in [1.54, 1.807) is 7.11 Å². The number of hydrogen-bond donors (Lipinski definition) is 4. The number of primary amides is 1. The van der Waals surface area contributed by atoms with Gasteiger partial charge in [-0.15, -0.1) is 0 Å². The van der Waals surface area contributed by atoms with E-state index >= 15 is 0 Å². The highest BCUT2D eigenvalue weighted by molar-refractivity contribution is 5.84. The highest BCUT2D eigenvalue weighted by Gasteiger charge is 2.22. The second-order valence-corrected chi connectivity index (χ2v) is 8.60. The lowest BCUT2D eigenvalue weighted by atomic mass is 9.90. The number of methoxy groups -OCH3 is 1. The maximum Gasteiger partial charge on any atom is 0.312 e. The van der Waals surface area contributed by atoms with Gasteiger partial charge in [-0.25, -0.2) is 4.79 Å². The zero-order valence-corrected chi connectivity index (χ0v) is 19.9. The Morgan fingerprint density at radius 2 is 1.77 bits per heavy atom. The Kier molecular flexibility index (Phi) is 7.35. The molecule has 7 nitrogen and oxygen atoms in total. The van der Waals surface area contributed by atoms with Gasteiger partial charge in [0.25, 0.3) is 0 Å². The monoisotopic (exact) mass is 470 g/mol. The number of fused-ring (bicyclic) bond motifs is 1. The molecule has 0 spiro atoms. The summed E-state index contributed by atoms with van der Waals surface area (Å²) in [5.74, 6) is 0.514. The predicted molar refractivity (Wildman–Crippen MR) is 137 cm³/mol. The van der Waals surface area contributed by atoms with Gasteiger partial charge in [0, 0.05) is 29.6 Å². The van der Waals surface area contributed by atoms with Crippen LogP contribution in [-0.4, -0.2) is 30.6 Å². The summed E-state index contributed by atoms with van der Waals surface area (Å²) in [6, 6.07) is 22.5. The Hall–Kier alpha value is -4.26. The SMILES string of the molecule is COc1ccc([C@H](CNC(=O)C[C@@H](NC(N)=O)c2cccc(C)c2)c2c[nH]c3ccccc23)cc1. The topological polar surface area (TPSA) is 109 Å². The molecule has 1 heterocycles. The number of benzene rings is 3. The van der Waals surface area contributed by atoms with Gasteiger partial charge >= 0.3 is 6.03 Å². The molecule has 7 heteroatoms. The third kappa shape index (κ3) is 5.81. The Morgan fingerprint density at radius 3 is 2.49 bits per heavy atom. The van der Waals surface area contributed by atoms with E-state index in [0.717, 1.165) is 38.9 Å². The molecule has 4 rings (SSSR count). The van der Waals surface area contributed by atoms with Crippen molar-refractivity contribution in [2.75, 3.05) is 13.7 Å². The van der Waals surface area contributed by atoms with Crippen molar-refractivity contribution in [1.82, 2.24) is 15.6 Å². The first-order valence-electron chi connectivity index (χ1n) is 11.5. The summed E-state index contributed by atoms with van der Waals surface area (Å²) in [7, 11) is 1.64. The fraction of sp³-hybridized carbons (Fsp3) is 0.214. The Balaban J connectivity index is 1.55. The summed E-state index contributed by atoms with van der Waals surface area (Å²) in [4.78, 5) is 28.0. The first kappa shape index (κ1) is 23.9. The molecule has 1 aromatic heterocycles. The van der Waals surface area contributed by atoms with Crippen LogP contribution in [0.15, 0.2) is 79.0 Å². The molecule has 0 radical (unpaired) electrons. The lowest BCUT2D eigenvalue weighted by molar-refractivity contribution is -0.121. The number of hydrogen-bond acceptors (Lipinski definition) is 3. The Labute approximate surface area is 204 Å². The fourth-order valence-electron chi connectivity index (χ4n) is 4.41. The summed E-state index contributed by atoms with van der Waals surface area (Å²) in [6.07, 6.45) is 2.07. The van der Waals surface area contributed by atoms with Crippen molar-refractivity contribution < 1.29 is 14.3 Å². The Bertz CT molecular complexity index is 1310. The minimum Gasteiger partial charge on any atom is -0.497 e. The molecule has 0 unspecified atom stereocenters. The molecule has 0 aliphatic heterocycles. The number of carbonyl (C=O) groups excluding carboxylic acids is 2. The average molecular weight is 471 g/mol. The van der Waals surface area contributed by atoms with Gasteiger partial charge in [-0.3, -0.25) is 4.79 Å². The number of carbonyl (C=O) groups is 2. The van der Waals surface area contributed by atoms with Crippen molar-refractivity contribution in [3.8, 4) is 5.75 Å². The second kappa shape index (κ2) is 10.8. The third-order valence-corrected chi connectivity index (χ3v) is 6.17. The molecule has 2 atom stereocenters. The maximum absolute atomic E-state index is 13.0. The van der Waals surface area contributed by atoms with Crippen LogP contribution in [0.3, 0.4) is 0 Å². The highest BCUT2D eigenvalue weighted by atomic mass is 16.5. The van der Waals surface area contributed by atoms with E-state index in [-0.39, 0.29) is 18.2 Å². The largest absolute Gasteiger partial charge is 0.497 e. The number of rotatable bonds is 9. The van der Waals surface area contributed by atoms with Crippen LogP contribution < -0.4 is 21.1 Å². The van der Waals surface area contributed by atoms with Gasteiger partial charge in [-0.05, 0) is 41.8 Å². The normalized spacial score (nSPS) is 12.6. The van der Waals surface area contributed by atoms with Crippen LogP contribution in [-0.2, 0) is 4.79 Å². The summed E-state index contributed by atoms with van der Waals surface area (Å²) >= 11 is 0. The summed E-state index contributed by atoms with van der Waals surface area (Å²) < 4.78 is 5.31. The van der Waals surface area contributed by atoms with Crippen LogP contribution in [0.25, 0.3) is 10.9 Å². The molecule has 5 N–H and O–H groups in total. The molecule has 0 aliphatic carbocycles. The molecule has 180 valence electrons. The molecule has 4 aromatic rings. The first-order chi connectivity index (χ1) is 16.9. The molecule has 3 aromatic carbocycles. The minimum atomic E-state index is -0.667. The fourth-order valence-corrected chi connectivity index (χ4v) is 4.41. The van der Waals surface area contributed by atoms with Gasteiger partial charge < -0.3 is 26.1 Å². The molecular formula is C28H30N4O3. The molecular weight excluding hydrogens is 440 g/mol. The number of urea groups is 1. The number of aromatic amines is 1. The Morgan fingerprint density at radius 1 is 1.00 bits per heavy atom. The maximum atomic E-state index is 13.0. The summed E-state index contributed by atoms with van der Waals surface area (Å²) in [5, 5.41) is 6.88. The smallest absolute Gasteiger partial charge is 0.312 e. The van der Waals surface area contributed by atoms with Crippen molar-refractivity contribution in [2.24, 2.45) is 5.73 Å². The van der Waals surface area contributed by atoms with Crippen LogP contribution >= 0.6 is 0 Å². The van der Waals surface area contributed by atoms with Gasteiger partial charge in [-0.1, -0.05) is 60.2 Å². The van der Waals surface area contributed by atoms with E-state index in [9.17, 15) is 9.59 Å². The number of aromatic nitrogens is 1. The average Bonchev–Trinajstić information content (AvgIpc) is 3.28. The minimum absolute atomic E-state index is 0.0790. The van der Waals surface area contributed by atoms with Crippen molar-refractivity contribution in [1.29, 1.82) is 0 Å². The highest BCUT2D eigenvalue weighted by Crippen LogP contribution is 2.31. The van der Waals surface area contributed by atoms with Gasteiger partial charge in [-0.2, -0.15) is 0 Å². The van der Waals surface area contributed by atoms with Crippen LogP contribution in [0.5, 0.6) is 5.75 Å². The van der Waals surface area contributed by atoms with Crippen LogP contribution in [0, 0.1) is 6.92 Å². The number of ether oxygens (including phenoxy) is 1.